The highest BCUT2D eigenvalue weighted by Gasteiger charge is 2.14. The van der Waals surface area contributed by atoms with E-state index in [-0.39, 0.29) is 17.3 Å². The minimum absolute atomic E-state index is 0.0232. The fraction of sp³-hybridized carbons (Fsp3) is 0.0526. The number of halogens is 1. The highest BCUT2D eigenvalue weighted by Crippen LogP contribution is 2.14. The summed E-state index contributed by atoms with van der Waals surface area (Å²) in [7, 11) is -3.77. The first-order valence-corrected chi connectivity index (χ1v) is 9.48. The van der Waals surface area contributed by atoms with Crippen molar-refractivity contribution in [1.82, 2.24) is 9.71 Å². The number of pyridine rings is 1. The first kappa shape index (κ1) is 18.7. The van der Waals surface area contributed by atoms with Gasteiger partial charge in [0.25, 0.3) is 5.91 Å². The summed E-state index contributed by atoms with van der Waals surface area (Å²) in [5.41, 5.74) is 1.60. The van der Waals surface area contributed by atoms with E-state index in [1.54, 1.807) is 42.6 Å². The zero-order valence-electron chi connectivity index (χ0n) is 14.1. The molecule has 2 aromatic carbocycles. The largest absolute Gasteiger partial charge is 0.322 e. The van der Waals surface area contributed by atoms with E-state index in [9.17, 15) is 17.6 Å². The molecule has 0 bridgehead atoms. The summed E-state index contributed by atoms with van der Waals surface area (Å²) >= 11 is 0. The van der Waals surface area contributed by atoms with Crippen LogP contribution in [0.15, 0.2) is 78.0 Å². The molecule has 0 aliphatic heterocycles. The molecule has 1 aromatic heterocycles. The molecule has 1 heterocycles. The summed E-state index contributed by atoms with van der Waals surface area (Å²) in [5, 5.41) is 2.74. The molecule has 0 unspecified atom stereocenters. The SMILES string of the molecule is O=C(Nc1cccc(CNS(=O)(=O)c2ccc(F)cc2)c1)c1cccnc1. The van der Waals surface area contributed by atoms with Gasteiger partial charge in [-0.2, -0.15) is 0 Å². The van der Waals surface area contributed by atoms with Crippen LogP contribution in [0.2, 0.25) is 0 Å². The summed E-state index contributed by atoms with van der Waals surface area (Å²) in [6, 6.07) is 14.7. The highest BCUT2D eigenvalue weighted by molar-refractivity contribution is 7.89. The zero-order valence-corrected chi connectivity index (χ0v) is 14.9. The van der Waals surface area contributed by atoms with Crippen molar-refractivity contribution in [3.8, 4) is 0 Å². The second-order valence-electron chi connectivity index (χ2n) is 5.67. The number of nitrogens with zero attached hydrogens (tertiary/aromatic N) is 1. The van der Waals surface area contributed by atoms with E-state index >= 15 is 0 Å². The molecule has 0 aliphatic rings. The maximum absolute atomic E-state index is 12.9. The summed E-state index contributed by atoms with van der Waals surface area (Å²) < 4.78 is 39.9. The lowest BCUT2D eigenvalue weighted by Crippen LogP contribution is -2.23. The maximum atomic E-state index is 12.9. The molecule has 3 aromatic rings. The van der Waals surface area contributed by atoms with Gasteiger partial charge in [0.15, 0.2) is 0 Å². The monoisotopic (exact) mass is 385 g/mol. The molecule has 0 aliphatic carbocycles. The van der Waals surface area contributed by atoms with Gasteiger partial charge in [0, 0.05) is 24.6 Å². The number of hydrogen-bond acceptors (Lipinski definition) is 4. The van der Waals surface area contributed by atoms with Crippen LogP contribution < -0.4 is 10.0 Å². The molecule has 0 fully saturated rings. The topological polar surface area (TPSA) is 88.2 Å². The Labute approximate surface area is 156 Å². The van der Waals surface area contributed by atoms with Gasteiger partial charge in [-0.3, -0.25) is 9.78 Å². The van der Waals surface area contributed by atoms with E-state index in [4.69, 9.17) is 0 Å². The number of rotatable bonds is 6. The Balaban J connectivity index is 1.67. The molecule has 3 rings (SSSR count). The lowest BCUT2D eigenvalue weighted by atomic mass is 10.2. The number of anilines is 1. The van der Waals surface area contributed by atoms with Crippen LogP contribution in [0, 0.1) is 5.82 Å². The van der Waals surface area contributed by atoms with Crippen molar-refractivity contribution in [2.75, 3.05) is 5.32 Å². The number of carbonyl (C=O) groups is 1. The third-order valence-electron chi connectivity index (χ3n) is 3.70. The predicted molar refractivity (Wildman–Crippen MR) is 99.1 cm³/mol. The van der Waals surface area contributed by atoms with Crippen molar-refractivity contribution in [3.63, 3.8) is 0 Å². The number of carbonyl (C=O) groups excluding carboxylic acids is 1. The smallest absolute Gasteiger partial charge is 0.257 e. The zero-order chi connectivity index (χ0) is 19.3. The molecule has 0 saturated heterocycles. The molecule has 1 amide bonds. The predicted octanol–water partition coefficient (Wildman–Crippen LogP) is 2.95. The number of aromatic nitrogens is 1. The minimum Gasteiger partial charge on any atom is -0.322 e. The van der Waals surface area contributed by atoms with Gasteiger partial charge in [-0.15, -0.1) is 0 Å². The van der Waals surface area contributed by atoms with Crippen molar-refractivity contribution >= 4 is 21.6 Å². The van der Waals surface area contributed by atoms with Crippen molar-refractivity contribution in [3.05, 3.63) is 90.0 Å². The van der Waals surface area contributed by atoms with E-state index in [0.29, 0.717) is 16.8 Å². The molecule has 27 heavy (non-hydrogen) atoms. The summed E-state index contributed by atoms with van der Waals surface area (Å²) in [6.07, 6.45) is 3.03. The van der Waals surface area contributed by atoms with Crippen molar-refractivity contribution < 1.29 is 17.6 Å². The Kier molecular flexibility index (Phi) is 5.58. The second-order valence-corrected chi connectivity index (χ2v) is 7.44. The third-order valence-corrected chi connectivity index (χ3v) is 5.12. The molecule has 0 atom stereocenters. The molecule has 138 valence electrons. The fourth-order valence-electron chi connectivity index (χ4n) is 2.33. The van der Waals surface area contributed by atoms with Crippen molar-refractivity contribution in [2.45, 2.75) is 11.4 Å². The fourth-order valence-corrected chi connectivity index (χ4v) is 3.35. The third kappa shape index (κ3) is 4.96. The summed E-state index contributed by atoms with van der Waals surface area (Å²) in [6.45, 7) is 0.0241. The number of benzene rings is 2. The van der Waals surface area contributed by atoms with Gasteiger partial charge in [-0.25, -0.2) is 17.5 Å². The summed E-state index contributed by atoms with van der Waals surface area (Å²) in [5.74, 6) is -0.821. The number of amides is 1. The van der Waals surface area contributed by atoms with Crippen LogP contribution in [0.25, 0.3) is 0 Å². The van der Waals surface area contributed by atoms with Crippen molar-refractivity contribution in [2.24, 2.45) is 0 Å². The average Bonchev–Trinajstić information content (AvgIpc) is 2.68. The Hall–Kier alpha value is -3.10. The lowest BCUT2D eigenvalue weighted by Gasteiger charge is -2.09. The van der Waals surface area contributed by atoms with Crippen molar-refractivity contribution in [1.29, 1.82) is 0 Å². The Morgan fingerprint density at radius 3 is 2.52 bits per heavy atom. The van der Waals surface area contributed by atoms with E-state index in [2.05, 4.69) is 15.0 Å². The van der Waals surface area contributed by atoms with Crippen LogP contribution in [0.4, 0.5) is 10.1 Å². The molecule has 0 radical (unpaired) electrons. The quantitative estimate of drug-likeness (QED) is 0.683. The highest BCUT2D eigenvalue weighted by atomic mass is 32.2. The van der Waals surface area contributed by atoms with E-state index < -0.39 is 15.8 Å². The molecule has 8 heteroatoms. The van der Waals surface area contributed by atoms with Crippen LogP contribution in [-0.2, 0) is 16.6 Å². The van der Waals surface area contributed by atoms with Gasteiger partial charge in [0.1, 0.15) is 5.82 Å². The molecule has 0 saturated carbocycles. The second kappa shape index (κ2) is 8.07. The normalized spacial score (nSPS) is 11.1. The van der Waals surface area contributed by atoms with Gasteiger partial charge in [0.05, 0.1) is 10.5 Å². The standard InChI is InChI=1S/C19H16FN3O3S/c20-16-6-8-18(9-7-16)27(25,26)22-12-14-3-1-5-17(11-14)23-19(24)15-4-2-10-21-13-15/h1-11,13,22H,12H2,(H,23,24). The first-order chi connectivity index (χ1) is 12.9. The number of nitrogens with one attached hydrogen (secondary N) is 2. The van der Waals surface area contributed by atoms with Crippen LogP contribution >= 0.6 is 0 Å². The maximum Gasteiger partial charge on any atom is 0.257 e. The first-order valence-electron chi connectivity index (χ1n) is 7.99. The van der Waals surface area contributed by atoms with E-state index in [1.807, 2.05) is 0 Å². The molecular weight excluding hydrogens is 369 g/mol. The molecule has 2 N–H and O–H groups in total. The van der Waals surface area contributed by atoms with Crippen LogP contribution in [0.3, 0.4) is 0 Å². The minimum atomic E-state index is -3.77. The Morgan fingerprint density at radius 1 is 1.04 bits per heavy atom. The average molecular weight is 385 g/mol. The van der Waals surface area contributed by atoms with E-state index in [1.165, 1.54) is 18.3 Å². The number of sulfonamides is 1. The van der Waals surface area contributed by atoms with Gasteiger partial charge in [-0.05, 0) is 54.1 Å². The van der Waals surface area contributed by atoms with Crippen LogP contribution in [0.1, 0.15) is 15.9 Å². The van der Waals surface area contributed by atoms with Gasteiger partial charge < -0.3 is 5.32 Å². The summed E-state index contributed by atoms with van der Waals surface area (Å²) in [4.78, 5) is 16.0. The van der Waals surface area contributed by atoms with Gasteiger partial charge in [-0.1, -0.05) is 12.1 Å². The Bertz CT molecular complexity index is 1040. The van der Waals surface area contributed by atoms with Crippen LogP contribution in [-0.4, -0.2) is 19.3 Å². The van der Waals surface area contributed by atoms with E-state index in [0.717, 1.165) is 12.1 Å². The molecular formula is C19H16FN3O3S. The molecule has 0 spiro atoms. The lowest BCUT2D eigenvalue weighted by molar-refractivity contribution is 0.102. The molecule has 6 nitrogen and oxygen atoms in total. The Morgan fingerprint density at radius 2 is 1.81 bits per heavy atom. The van der Waals surface area contributed by atoms with Crippen LogP contribution in [0.5, 0.6) is 0 Å². The number of hydrogen-bond donors (Lipinski definition) is 2. The van der Waals surface area contributed by atoms with Gasteiger partial charge >= 0.3 is 0 Å². The van der Waals surface area contributed by atoms with Gasteiger partial charge in [0.2, 0.25) is 10.0 Å².